The molecule has 0 radical (unpaired) electrons. The van der Waals surface area contributed by atoms with Gasteiger partial charge < -0.3 is 19.9 Å². The first-order chi connectivity index (χ1) is 15.0. The van der Waals surface area contributed by atoms with Gasteiger partial charge in [0, 0.05) is 50.6 Å². The van der Waals surface area contributed by atoms with Crippen molar-refractivity contribution in [3.63, 3.8) is 0 Å². The summed E-state index contributed by atoms with van der Waals surface area (Å²) in [4.78, 5) is 16.4. The highest BCUT2D eigenvalue weighted by Gasteiger charge is 2.28. The number of sulfonamides is 1. The summed E-state index contributed by atoms with van der Waals surface area (Å²) in [5.41, 5.74) is 1.65. The second-order valence-corrected chi connectivity index (χ2v) is 9.68. The number of nitrogens with zero attached hydrogens (tertiary/aromatic N) is 3. The van der Waals surface area contributed by atoms with E-state index in [9.17, 15) is 13.2 Å². The van der Waals surface area contributed by atoms with Crippen LogP contribution in [0.25, 0.3) is 0 Å². The lowest BCUT2D eigenvalue weighted by Gasteiger charge is -2.35. The van der Waals surface area contributed by atoms with Gasteiger partial charge in [0.1, 0.15) is 5.75 Å². The number of piperazine rings is 1. The molecule has 2 saturated heterocycles. The van der Waals surface area contributed by atoms with Crippen molar-refractivity contribution in [1.29, 1.82) is 0 Å². The third-order valence-corrected chi connectivity index (χ3v) is 7.73. The first kappa shape index (κ1) is 21.5. The van der Waals surface area contributed by atoms with Crippen LogP contribution in [0.3, 0.4) is 0 Å². The molecule has 1 N–H and O–H groups in total. The molecule has 2 fully saturated rings. The molecule has 0 saturated carbocycles. The molecule has 2 heterocycles. The molecule has 0 spiro atoms. The number of carbonyl (C=O) groups is 1. The van der Waals surface area contributed by atoms with Gasteiger partial charge in [-0.3, -0.25) is 0 Å². The monoisotopic (exact) mass is 444 g/mol. The molecule has 0 aromatic heterocycles. The quantitative estimate of drug-likeness (QED) is 0.767. The van der Waals surface area contributed by atoms with Crippen LogP contribution in [0.2, 0.25) is 0 Å². The van der Waals surface area contributed by atoms with E-state index in [0.717, 1.165) is 37.4 Å². The molecule has 0 aliphatic carbocycles. The molecule has 4 rings (SSSR count). The van der Waals surface area contributed by atoms with E-state index in [1.807, 2.05) is 24.3 Å². The van der Waals surface area contributed by atoms with Crippen LogP contribution in [-0.2, 0) is 10.0 Å². The minimum atomic E-state index is -3.58. The number of hydrogen-bond donors (Lipinski definition) is 1. The lowest BCUT2D eigenvalue weighted by atomic mass is 10.2. The van der Waals surface area contributed by atoms with Gasteiger partial charge in [-0.15, -0.1) is 0 Å². The fraction of sp³-hybridized carbons (Fsp3) is 0.409. The lowest BCUT2D eigenvalue weighted by Crippen LogP contribution is -2.48. The lowest BCUT2D eigenvalue weighted by molar-refractivity contribution is 0.222. The SMILES string of the molecule is COc1ccc(N2CCN(S(=O)(=O)c3ccc(NC(=O)N4CCCC4)cc3)CC2)cc1. The van der Waals surface area contributed by atoms with E-state index < -0.39 is 10.0 Å². The fourth-order valence-corrected chi connectivity index (χ4v) is 5.38. The Bertz CT molecular complexity index is 995. The molecule has 0 atom stereocenters. The number of anilines is 2. The summed E-state index contributed by atoms with van der Waals surface area (Å²) in [5, 5.41) is 2.84. The maximum atomic E-state index is 13.1. The molecule has 0 unspecified atom stereocenters. The fourth-order valence-electron chi connectivity index (χ4n) is 3.96. The average Bonchev–Trinajstić information content (AvgIpc) is 3.35. The van der Waals surface area contributed by atoms with Crippen molar-refractivity contribution in [2.24, 2.45) is 0 Å². The van der Waals surface area contributed by atoms with Crippen molar-refractivity contribution >= 4 is 27.4 Å². The van der Waals surface area contributed by atoms with Gasteiger partial charge in [0.15, 0.2) is 0 Å². The van der Waals surface area contributed by atoms with E-state index in [4.69, 9.17) is 4.74 Å². The van der Waals surface area contributed by atoms with E-state index in [-0.39, 0.29) is 10.9 Å². The van der Waals surface area contributed by atoms with Gasteiger partial charge in [0.25, 0.3) is 0 Å². The number of urea groups is 1. The Hall–Kier alpha value is -2.78. The molecule has 8 nitrogen and oxygen atoms in total. The first-order valence-corrected chi connectivity index (χ1v) is 12.0. The van der Waals surface area contributed by atoms with E-state index in [0.29, 0.717) is 31.9 Å². The smallest absolute Gasteiger partial charge is 0.321 e. The molecule has 2 aliphatic rings. The molecule has 2 aromatic carbocycles. The Labute approximate surface area is 183 Å². The van der Waals surface area contributed by atoms with E-state index in [1.165, 1.54) is 4.31 Å². The van der Waals surface area contributed by atoms with Crippen LogP contribution >= 0.6 is 0 Å². The number of rotatable bonds is 5. The average molecular weight is 445 g/mol. The zero-order chi connectivity index (χ0) is 21.8. The third-order valence-electron chi connectivity index (χ3n) is 5.81. The highest BCUT2D eigenvalue weighted by atomic mass is 32.2. The maximum absolute atomic E-state index is 13.1. The van der Waals surface area contributed by atoms with E-state index in [1.54, 1.807) is 36.3 Å². The van der Waals surface area contributed by atoms with E-state index >= 15 is 0 Å². The molecular formula is C22H28N4O4S. The minimum absolute atomic E-state index is 0.136. The topological polar surface area (TPSA) is 82.2 Å². The van der Waals surface area contributed by atoms with Crippen molar-refractivity contribution in [1.82, 2.24) is 9.21 Å². The number of methoxy groups -OCH3 is 1. The van der Waals surface area contributed by atoms with Gasteiger partial charge in [0.05, 0.1) is 12.0 Å². The summed E-state index contributed by atoms with van der Waals surface area (Å²) in [6.45, 7) is 3.61. The summed E-state index contributed by atoms with van der Waals surface area (Å²) < 4.78 is 32.8. The predicted molar refractivity (Wildman–Crippen MR) is 120 cm³/mol. The number of nitrogens with one attached hydrogen (secondary N) is 1. The Kier molecular flexibility index (Phi) is 6.33. The summed E-state index contributed by atoms with van der Waals surface area (Å²) >= 11 is 0. The second-order valence-electron chi connectivity index (χ2n) is 7.74. The molecule has 2 amide bonds. The molecular weight excluding hydrogens is 416 g/mol. The largest absolute Gasteiger partial charge is 0.497 e. The maximum Gasteiger partial charge on any atom is 0.321 e. The number of carbonyl (C=O) groups excluding carboxylic acids is 1. The van der Waals surface area contributed by atoms with Crippen LogP contribution in [0.15, 0.2) is 53.4 Å². The van der Waals surface area contributed by atoms with Crippen LogP contribution in [-0.4, -0.2) is 70.0 Å². The van der Waals surface area contributed by atoms with Crippen LogP contribution in [0.5, 0.6) is 5.75 Å². The van der Waals surface area contributed by atoms with Crippen LogP contribution in [0.4, 0.5) is 16.2 Å². The Balaban J connectivity index is 1.36. The van der Waals surface area contributed by atoms with E-state index in [2.05, 4.69) is 10.2 Å². The summed E-state index contributed by atoms with van der Waals surface area (Å²) in [5.74, 6) is 0.796. The first-order valence-electron chi connectivity index (χ1n) is 10.5. The zero-order valence-electron chi connectivity index (χ0n) is 17.7. The summed E-state index contributed by atoms with van der Waals surface area (Å²) in [7, 11) is -1.94. The highest BCUT2D eigenvalue weighted by Crippen LogP contribution is 2.24. The number of amides is 2. The van der Waals surface area contributed by atoms with Gasteiger partial charge in [0.2, 0.25) is 10.0 Å². The zero-order valence-corrected chi connectivity index (χ0v) is 18.5. The molecule has 31 heavy (non-hydrogen) atoms. The molecule has 2 aromatic rings. The Morgan fingerprint density at radius 1 is 0.871 bits per heavy atom. The van der Waals surface area contributed by atoms with Gasteiger partial charge in [-0.25, -0.2) is 13.2 Å². The van der Waals surface area contributed by atoms with Crippen molar-refractivity contribution in [2.45, 2.75) is 17.7 Å². The van der Waals surface area contributed by atoms with Crippen molar-refractivity contribution in [3.8, 4) is 5.75 Å². The molecule has 0 bridgehead atoms. The second kappa shape index (κ2) is 9.15. The molecule has 9 heteroatoms. The van der Waals surface area contributed by atoms with Crippen LogP contribution < -0.4 is 15.0 Å². The highest BCUT2D eigenvalue weighted by molar-refractivity contribution is 7.89. The Morgan fingerprint density at radius 3 is 2.06 bits per heavy atom. The van der Waals surface area contributed by atoms with Gasteiger partial charge >= 0.3 is 6.03 Å². The van der Waals surface area contributed by atoms with Crippen molar-refractivity contribution < 1.29 is 17.9 Å². The third kappa shape index (κ3) is 4.77. The Morgan fingerprint density at radius 2 is 1.48 bits per heavy atom. The predicted octanol–water partition coefficient (Wildman–Crippen LogP) is 2.83. The number of likely N-dealkylation sites (tertiary alicyclic amines) is 1. The number of benzene rings is 2. The van der Waals surface area contributed by atoms with Gasteiger partial charge in [-0.05, 0) is 61.4 Å². The number of ether oxygens (including phenoxy) is 1. The molecule has 2 aliphatic heterocycles. The normalized spacial score (nSPS) is 17.6. The standard InChI is InChI=1S/C22H28N4O4S/c1-30-20-8-6-19(7-9-20)24-14-16-26(17-15-24)31(28,29)21-10-4-18(5-11-21)23-22(27)25-12-2-3-13-25/h4-11H,2-3,12-17H2,1H3,(H,23,27). The number of hydrogen-bond acceptors (Lipinski definition) is 5. The summed E-state index contributed by atoms with van der Waals surface area (Å²) in [6.07, 6.45) is 2.05. The minimum Gasteiger partial charge on any atom is -0.497 e. The van der Waals surface area contributed by atoms with Gasteiger partial charge in [-0.1, -0.05) is 0 Å². The van der Waals surface area contributed by atoms with Crippen molar-refractivity contribution in [3.05, 3.63) is 48.5 Å². The van der Waals surface area contributed by atoms with Crippen LogP contribution in [0, 0.1) is 0 Å². The van der Waals surface area contributed by atoms with Crippen LogP contribution in [0.1, 0.15) is 12.8 Å². The molecule has 166 valence electrons. The summed E-state index contributed by atoms with van der Waals surface area (Å²) in [6, 6.07) is 14.1. The van der Waals surface area contributed by atoms with Gasteiger partial charge in [-0.2, -0.15) is 4.31 Å². The van der Waals surface area contributed by atoms with Crippen molar-refractivity contribution in [2.75, 3.05) is 56.6 Å².